The molecular weight excluding hydrogens is 285 g/mol. The van der Waals surface area contributed by atoms with Crippen LogP contribution in [0.5, 0.6) is 0 Å². The molecule has 1 saturated heterocycles. The van der Waals surface area contributed by atoms with E-state index >= 15 is 0 Å². The van der Waals surface area contributed by atoms with Gasteiger partial charge >= 0.3 is 6.03 Å². The molecule has 0 bridgehead atoms. The highest BCUT2D eigenvalue weighted by Gasteiger charge is 2.33. The van der Waals surface area contributed by atoms with Gasteiger partial charge in [0.05, 0.1) is 0 Å². The average molecular weight is 307 g/mol. The second-order valence-corrected chi connectivity index (χ2v) is 5.43. The van der Waals surface area contributed by atoms with Crippen molar-refractivity contribution < 1.29 is 14.0 Å². The van der Waals surface area contributed by atoms with Gasteiger partial charge in [0.2, 0.25) is 5.91 Å². The Labute approximate surface area is 129 Å². The molecule has 0 aliphatic carbocycles. The molecule has 1 heterocycles. The molecule has 0 saturated carbocycles. The van der Waals surface area contributed by atoms with Gasteiger partial charge in [0.1, 0.15) is 11.9 Å². The molecule has 1 aliphatic heterocycles. The Balaban J connectivity index is 1.74. The summed E-state index contributed by atoms with van der Waals surface area (Å²) >= 11 is 0. The zero-order chi connectivity index (χ0) is 15.9. The highest BCUT2D eigenvalue weighted by molar-refractivity contribution is 5.87. The number of halogens is 1. The summed E-state index contributed by atoms with van der Waals surface area (Å²) in [4.78, 5) is 25.4. The van der Waals surface area contributed by atoms with Crippen molar-refractivity contribution in [1.29, 1.82) is 0 Å². The number of hydrogen-bond acceptors (Lipinski definition) is 2. The summed E-state index contributed by atoms with van der Waals surface area (Å²) in [5.41, 5.74) is 0.915. The average Bonchev–Trinajstić information content (AvgIpc) is 3.00. The van der Waals surface area contributed by atoms with Gasteiger partial charge in [-0.15, -0.1) is 0 Å². The number of nitrogens with zero attached hydrogens (tertiary/aromatic N) is 1. The molecule has 3 amide bonds. The molecular formula is C16H22FN3O2. The standard InChI is InChI=1S/C16H22FN3O2/c1-18-15(21)14-8-4-10-20(14)16(22)19-9-3-6-12-5-2-7-13(17)11-12/h2,5,7,11,14H,3-4,6,8-10H2,1H3,(H,18,21)(H,19,22). The topological polar surface area (TPSA) is 61.4 Å². The monoisotopic (exact) mass is 307 g/mol. The second-order valence-electron chi connectivity index (χ2n) is 5.43. The first-order valence-electron chi connectivity index (χ1n) is 7.62. The van der Waals surface area contributed by atoms with Gasteiger partial charge in [-0.05, 0) is 43.4 Å². The second kappa shape index (κ2) is 7.77. The number of carbonyl (C=O) groups excluding carboxylic acids is 2. The van der Waals surface area contributed by atoms with E-state index in [1.807, 2.05) is 6.07 Å². The molecule has 2 rings (SSSR count). The Bertz CT molecular complexity index is 536. The van der Waals surface area contributed by atoms with Crippen LogP contribution in [0.15, 0.2) is 24.3 Å². The van der Waals surface area contributed by atoms with Gasteiger partial charge < -0.3 is 15.5 Å². The van der Waals surface area contributed by atoms with Crippen molar-refractivity contribution in [1.82, 2.24) is 15.5 Å². The van der Waals surface area contributed by atoms with Crippen LogP contribution in [0.4, 0.5) is 9.18 Å². The number of nitrogens with one attached hydrogen (secondary N) is 2. The minimum atomic E-state index is -0.367. The molecule has 1 aromatic carbocycles. The predicted molar refractivity (Wildman–Crippen MR) is 81.9 cm³/mol. The summed E-state index contributed by atoms with van der Waals surface area (Å²) in [5.74, 6) is -0.362. The molecule has 6 heteroatoms. The van der Waals surface area contributed by atoms with Crippen LogP contribution in [0.2, 0.25) is 0 Å². The molecule has 120 valence electrons. The predicted octanol–water partition coefficient (Wildman–Crippen LogP) is 1.68. The summed E-state index contributed by atoms with van der Waals surface area (Å²) in [6, 6.07) is 5.90. The third-order valence-electron chi connectivity index (χ3n) is 3.87. The number of carbonyl (C=O) groups is 2. The summed E-state index contributed by atoms with van der Waals surface area (Å²) in [6.07, 6.45) is 2.98. The first-order valence-corrected chi connectivity index (χ1v) is 7.62. The molecule has 1 unspecified atom stereocenters. The normalized spacial score (nSPS) is 17.4. The fourth-order valence-corrected chi connectivity index (χ4v) is 2.73. The summed E-state index contributed by atoms with van der Waals surface area (Å²) < 4.78 is 13.0. The Morgan fingerprint density at radius 3 is 2.95 bits per heavy atom. The Kier molecular flexibility index (Phi) is 5.75. The van der Waals surface area contributed by atoms with Gasteiger partial charge in [0, 0.05) is 20.1 Å². The van der Waals surface area contributed by atoms with Gasteiger partial charge in [-0.25, -0.2) is 9.18 Å². The van der Waals surface area contributed by atoms with E-state index in [2.05, 4.69) is 10.6 Å². The third-order valence-corrected chi connectivity index (χ3v) is 3.87. The van der Waals surface area contributed by atoms with Crippen molar-refractivity contribution in [3.05, 3.63) is 35.6 Å². The third kappa shape index (κ3) is 4.19. The van der Waals surface area contributed by atoms with Crippen molar-refractivity contribution in [3.63, 3.8) is 0 Å². The van der Waals surface area contributed by atoms with Crippen LogP contribution in [-0.2, 0) is 11.2 Å². The minimum absolute atomic E-state index is 0.118. The van der Waals surface area contributed by atoms with Crippen molar-refractivity contribution in [3.8, 4) is 0 Å². The molecule has 1 atom stereocenters. The Hall–Kier alpha value is -2.11. The van der Waals surface area contributed by atoms with E-state index in [1.165, 1.54) is 12.1 Å². The number of aryl methyl sites for hydroxylation is 1. The lowest BCUT2D eigenvalue weighted by Gasteiger charge is -2.23. The van der Waals surface area contributed by atoms with E-state index in [0.717, 1.165) is 18.4 Å². The molecule has 0 aromatic heterocycles. The number of urea groups is 1. The molecule has 1 aliphatic rings. The highest BCUT2D eigenvalue weighted by Crippen LogP contribution is 2.17. The van der Waals surface area contributed by atoms with Gasteiger partial charge in [-0.3, -0.25) is 4.79 Å². The molecule has 0 spiro atoms. The maximum Gasteiger partial charge on any atom is 0.318 e. The quantitative estimate of drug-likeness (QED) is 0.813. The van der Waals surface area contributed by atoms with E-state index < -0.39 is 0 Å². The minimum Gasteiger partial charge on any atom is -0.357 e. The van der Waals surface area contributed by atoms with E-state index in [-0.39, 0.29) is 23.8 Å². The summed E-state index contributed by atoms with van der Waals surface area (Å²) in [5, 5.41) is 5.42. The van der Waals surface area contributed by atoms with Crippen LogP contribution in [0, 0.1) is 5.82 Å². The lowest BCUT2D eigenvalue weighted by molar-refractivity contribution is -0.124. The largest absolute Gasteiger partial charge is 0.357 e. The van der Waals surface area contributed by atoms with Crippen molar-refractivity contribution >= 4 is 11.9 Å². The van der Waals surface area contributed by atoms with Gasteiger partial charge in [0.15, 0.2) is 0 Å². The maximum absolute atomic E-state index is 13.0. The zero-order valence-corrected chi connectivity index (χ0v) is 12.8. The molecule has 2 N–H and O–H groups in total. The van der Waals surface area contributed by atoms with Gasteiger partial charge in [0.25, 0.3) is 0 Å². The fraction of sp³-hybridized carbons (Fsp3) is 0.500. The fourth-order valence-electron chi connectivity index (χ4n) is 2.73. The number of likely N-dealkylation sites (N-methyl/N-ethyl adjacent to an activating group) is 1. The van der Waals surface area contributed by atoms with Crippen LogP contribution < -0.4 is 10.6 Å². The first-order chi connectivity index (χ1) is 10.6. The number of amides is 3. The van der Waals surface area contributed by atoms with Crippen LogP contribution >= 0.6 is 0 Å². The lowest BCUT2D eigenvalue weighted by atomic mass is 10.1. The van der Waals surface area contributed by atoms with Crippen molar-refractivity contribution in [2.24, 2.45) is 0 Å². The van der Waals surface area contributed by atoms with E-state index in [4.69, 9.17) is 0 Å². The van der Waals surface area contributed by atoms with Crippen LogP contribution in [0.1, 0.15) is 24.8 Å². The molecule has 1 aromatic rings. The molecule has 1 fully saturated rings. The Morgan fingerprint density at radius 2 is 2.23 bits per heavy atom. The lowest BCUT2D eigenvalue weighted by Crippen LogP contribution is -2.49. The van der Waals surface area contributed by atoms with E-state index in [0.29, 0.717) is 25.9 Å². The summed E-state index contributed by atoms with van der Waals surface area (Å²) in [6.45, 7) is 1.11. The number of hydrogen-bond donors (Lipinski definition) is 2. The number of benzene rings is 1. The molecule has 22 heavy (non-hydrogen) atoms. The first kappa shape index (κ1) is 16.3. The summed E-state index contributed by atoms with van der Waals surface area (Å²) in [7, 11) is 1.58. The van der Waals surface area contributed by atoms with Gasteiger partial charge in [-0.2, -0.15) is 0 Å². The van der Waals surface area contributed by atoms with Crippen LogP contribution in [-0.4, -0.2) is 43.0 Å². The molecule has 0 radical (unpaired) electrons. The van der Waals surface area contributed by atoms with E-state index in [9.17, 15) is 14.0 Å². The zero-order valence-electron chi connectivity index (χ0n) is 12.8. The number of rotatable bonds is 5. The maximum atomic E-state index is 13.0. The van der Waals surface area contributed by atoms with Gasteiger partial charge in [-0.1, -0.05) is 12.1 Å². The van der Waals surface area contributed by atoms with Crippen LogP contribution in [0.3, 0.4) is 0 Å². The SMILES string of the molecule is CNC(=O)C1CCCN1C(=O)NCCCc1cccc(F)c1. The Morgan fingerprint density at radius 1 is 1.41 bits per heavy atom. The van der Waals surface area contributed by atoms with E-state index in [1.54, 1.807) is 18.0 Å². The smallest absolute Gasteiger partial charge is 0.318 e. The van der Waals surface area contributed by atoms with Crippen molar-refractivity contribution in [2.75, 3.05) is 20.1 Å². The number of likely N-dealkylation sites (tertiary alicyclic amines) is 1. The molecule has 5 nitrogen and oxygen atoms in total. The highest BCUT2D eigenvalue weighted by atomic mass is 19.1. The van der Waals surface area contributed by atoms with Crippen molar-refractivity contribution in [2.45, 2.75) is 31.7 Å². The van der Waals surface area contributed by atoms with Crippen LogP contribution in [0.25, 0.3) is 0 Å².